The van der Waals surface area contributed by atoms with Crippen LogP contribution in [0.2, 0.25) is 5.82 Å². The molecule has 0 aromatic carbocycles. The van der Waals surface area contributed by atoms with Crippen LogP contribution in [0.25, 0.3) is 0 Å². The van der Waals surface area contributed by atoms with Crippen LogP contribution < -0.4 is 0 Å². The summed E-state index contributed by atoms with van der Waals surface area (Å²) in [6.45, 7) is 7.11. The molecule has 0 spiro atoms. The van der Waals surface area contributed by atoms with E-state index in [0.717, 1.165) is 11.7 Å². The van der Waals surface area contributed by atoms with Crippen molar-refractivity contribution in [1.29, 1.82) is 0 Å². The second-order valence-corrected chi connectivity index (χ2v) is 5.76. The van der Waals surface area contributed by atoms with Gasteiger partial charge >= 0.3 is 0 Å². The Balaban J connectivity index is 1.75. The van der Waals surface area contributed by atoms with Crippen molar-refractivity contribution >= 4 is 7.28 Å². The van der Waals surface area contributed by atoms with Gasteiger partial charge in [-0.2, -0.15) is 0 Å². The lowest BCUT2D eigenvalue weighted by molar-refractivity contribution is 0.141. The van der Waals surface area contributed by atoms with Gasteiger partial charge in [-0.3, -0.25) is 0 Å². The van der Waals surface area contributed by atoms with E-state index in [1.54, 1.807) is 5.47 Å². The first kappa shape index (κ1) is 9.15. The molecular formula is C12H19B. The smallest absolute Gasteiger partial charge is 0.135 e. The lowest BCUT2D eigenvalue weighted by Crippen LogP contribution is -2.33. The molecular weight excluding hydrogens is 155 g/mol. The summed E-state index contributed by atoms with van der Waals surface area (Å²) >= 11 is 0. The van der Waals surface area contributed by atoms with Crippen LogP contribution in [0.5, 0.6) is 0 Å². The Bertz CT molecular complexity index is 257. The largest absolute Gasteiger partial charge is 0.166 e. The van der Waals surface area contributed by atoms with Gasteiger partial charge in [0.1, 0.15) is 0 Å². The molecule has 2 aliphatic rings. The molecule has 13 heavy (non-hydrogen) atoms. The monoisotopic (exact) mass is 174 g/mol. The Morgan fingerprint density at radius 1 is 1.38 bits per heavy atom. The van der Waals surface area contributed by atoms with E-state index in [9.17, 15) is 0 Å². The zero-order valence-corrected chi connectivity index (χ0v) is 9.06. The highest BCUT2D eigenvalue weighted by molar-refractivity contribution is 6.47. The van der Waals surface area contributed by atoms with Crippen molar-refractivity contribution in [2.45, 2.75) is 45.9 Å². The van der Waals surface area contributed by atoms with Crippen LogP contribution in [0.3, 0.4) is 0 Å². The van der Waals surface area contributed by atoms with Gasteiger partial charge in [-0.05, 0) is 23.8 Å². The Hall–Kier alpha value is -0.415. The number of allylic oxidation sites excluding steroid dienone is 1. The number of rotatable bonds is 2. The lowest BCUT2D eigenvalue weighted by atomic mass is 9.44. The van der Waals surface area contributed by atoms with E-state index in [1.165, 1.54) is 26.5 Å². The van der Waals surface area contributed by atoms with Crippen LogP contribution in [-0.4, -0.2) is 7.28 Å². The fourth-order valence-electron chi connectivity index (χ4n) is 2.35. The summed E-state index contributed by atoms with van der Waals surface area (Å²) < 4.78 is 0. The van der Waals surface area contributed by atoms with Crippen LogP contribution in [0.4, 0.5) is 0 Å². The van der Waals surface area contributed by atoms with E-state index < -0.39 is 0 Å². The molecule has 0 bridgehead atoms. The van der Waals surface area contributed by atoms with Crippen molar-refractivity contribution in [1.82, 2.24) is 0 Å². The van der Waals surface area contributed by atoms with Crippen molar-refractivity contribution in [3.63, 3.8) is 0 Å². The highest BCUT2D eigenvalue weighted by Crippen LogP contribution is 2.48. The SMILES string of the molecule is CC(C)(C)C1CC(BC2=C=CC2)C1. The van der Waals surface area contributed by atoms with Gasteiger partial charge in [-0.25, -0.2) is 0 Å². The van der Waals surface area contributed by atoms with E-state index in [1.807, 2.05) is 0 Å². The molecule has 0 N–H and O–H groups in total. The molecule has 0 atom stereocenters. The molecule has 2 aliphatic carbocycles. The van der Waals surface area contributed by atoms with E-state index in [2.05, 4.69) is 32.6 Å². The van der Waals surface area contributed by atoms with Gasteiger partial charge in [-0.1, -0.05) is 44.9 Å². The number of hydrogen-bond donors (Lipinski definition) is 0. The van der Waals surface area contributed by atoms with Crippen molar-refractivity contribution in [3.8, 4) is 0 Å². The van der Waals surface area contributed by atoms with Crippen LogP contribution in [0.15, 0.2) is 17.3 Å². The van der Waals surface area contributed by atoms with Crippen LogP contribution >= 0.6 is 0 Å². The standard InChI is InChI=1S/C12H19B/c1-12(2,3)9-7-11(8-9)13-10-5-4-6-10/h4,9,11,13H,5,7-8H2,1-3H3. The maximum Gasteiger partial charge on any atom is 0.166 e. The minimum absolute atomic E-state index is 0.542. The maximum atomic E-state index is 3.29. The zero-order chi connectivity index (χ0) is 9.47. The number of hydrogen-bond acceptors (Lipinski definition) is 0. The molecule has 0 saturated heterocycles. The minimum atomic E-state index is 0.542. The Morgan fingerprint density at radius 3 is 2.38 bits per heavy atom. The highest BCUT2D eigenvalue weighted by Gasteiger charge is 2.37. The first-order valence-electron chi connectivity index (χ1n) is 5.48. The second-order valence-electron chi connectivity index (χ2n) is 5.76. The third kappa shape index (κ3) is 1.91. The van der Waals surface area contributed by atoms with E-state index in [-0.39, 0.29) is 0 Å². The fourth-order valence-corrected chi connectivity index (χ4v) is 2.35. The summed E-state index contributed by atoms with van der Waals surface area (Å²) in [5, 5.41) is 0. The summed E-state index contributed by atoms with van der Waals surface area (Å²) in [5.41, 5.74) is 5.40. The zero-order valence-electron chi connectivity index (χ0n) is 9.06. The predicted octanol–water partition coefficient (Wildman–Crippen LogP) is 3.11. The lowest BCUT2D eigenvalue weighted by Gasteiger charge is -2.44. The van der Waals surface area contributed by atoms with Crippen molar-refractivity contribution in [3.05, 3.63) is 17.3 Å². The van der Waals surface area contributed by atoms with E-state index in [4.69, 9.17) is 0 Å². The first-order valence-corrected chi connectivity index (χ1v) is 5.48. The minimum Gasteiger partial charge on any atom is -0.135 e. The van der Waals surface area contributed by atoms with Gasteiger partial charge < -0.3 is 0 Å². The van der Waals surface area contributed by atoms with Gasteiger partial charge in [-0.15, -0.1) is 5.73 Å². The van der Waals surface area contributed by atoms with Gasteiger partial charge in [0.05, 0.1) is 0 Å². The third-order valence-electron chi connectivity index (χ3n) is 3.65. The van der Waals surface area contributed by atoms with Gasteiger partial charge in [0.25, 0.3) is 0 Å². The fraction of sp³-hybridized carbons (Fsp3) is 0.750. The summed E-state index contributed by atoms with van der Waals surface area (Å²) in [6.07, 6.45) is 6.27. The van der Waals surface area contributed by atoms with Gasteiger partial charge in [0.2, 0.25) is 0 Å². The van der Waals surface area contributed by atoms with Crippen LogP contribution in [0, 0.1) is 11.3 Å². The summed E-state index contributed by atoms with van der Waals surface area (Å²) in [5.74, 6) is 1.96. The van der Waals surface area contributed by atoms with Crippen LogP contribution in [0.1, 0.15) is 40.0 Å². The molecule has 70 valence electrons. The Labute approximate surface area is 82.4 Å². The van der Waals surface area contributed by atoms with Crippen molar-refractivity contribution in [2.24, 2.45) is 11.3 Å². The van der Waals surface area contributed by atoms with E-state index in [0.29, 0.717) is 5.41 Å². The van der Waals surface area contributed by atoms with Crippen molar-refractivity contribution in [2.75, 3.05) is 0 Å². The predicted molar refractivity (Wildman–Crippen MR) is 59.3 cm³/mol. The average molecular weight is 174 g/mol. The molecule has 0 unspecified atom stereocenters. The summed E-state index contributed by atoms with van der Waals surface area (Å²) in [6, 6.07) is 0. The quantitative estimate of drug-likeness (QED) is 0.445. The van der Waals surface area contributed by atoms with E-state index >= 15 is 0 Å². The molecule has 0 nitrogen and oxygen atoms in total. The molecule has 0 aromatic heterocycles. The van der Waals surface area contributed by atoms with Crippen molar-refractivity contribution < 1.29 is 0 Å². The Kier molecular flexibility index (Phi) is 2.16. The molecule has 0 aromatic rings. The molecule has 0 heterocycles. The summed E-state index contributed by atoms with van der Waals surface area (Å²) in [4.78, 5) is 0. The highest BCUT2D eigenvalue weighted by atomic mass is 14.4. The first-order chi connectivity index (χ1) is 6.05. The molecule has 2 rings (SSSR count). The Morgan fingerprint density at radius 2 is 2.00 bits per heavy atom. The molecule has 0 aliphatic heterocycles. The van der Waals surface area contributed by atoms with Crippen LogP contribution in [-0.2, 0) is 0 Å². The normalized spacial score (nSPS) is 31.8. The topological polar surface area (TPSA) is 0 Å². The van der Waals surface area contributed by atoms with Gasteiger partial charge in [0.15, 0.2) is 7.28 Å². The summed E-state index contributed by atoms with van der Waals surface area (Å²) in [7, 11) is 1.34. The second kappa shape index (κ2) is 3.06. The molecule has 1 saturated carbocycles. The third-order valence-corrected chi connectivity index (χ3v) is 3.65. The molecule has 1 fully saturated rings. The molecule has 0 radical (unpaired) electrons. The average Bonchev–Trinajstić information content (AvgIpc) is 1.76. The maximum absolute atomic E-state index is 3.29. The molecule has 1 heteroatoms. The van der Waals surface area contributed by atoms with Gasteiger partial charge in [0, 0.05) is 0 Å². The molecule has 0 amide bonds.